The maximum absolute atomic E-state index is 11.9. The Hall–Kier alpha value is -2.07. The number of nitrogens with zero attached hydrogens (tertiary/aromatic N) is 1. The largest absolute Gasteiger partial charge is 0.461 e. The van der Waals surface area contributed by atoms with E-state index >= 15 is 0 Å². The number of fused-ring (bicyclic) bond motifs is 1. The minimum absolute atomic E-state index is 0.267. The number of aromatic nitrogens is 1. The summed E-state index contributed by atoms with van der Waals surface area (Å²) in [7, 11) is 0. The van der Waals surface area contributed by atoms with E-state index in [1.807, 2.05) is 35.9 Å². The lowest BCUT2D eigenvalue weighted by Gasteiger charge is -2.08. The van der Waals surface area contributed by atoms with E-state index in [0.29, 0.717) is 18.8 Å². The zero-order chi connectivity index (χ0) is 13.9. The molecule has 0 atom stereocenters. The van der Waals surface area contributed by atoms with Gasteiger partial charge in [-0.05, 0) is 41.5 Å². The molecule has 0 aliphatic carbocycles. The summed E-state index contributed by atoms with van der Waals surface area (Å²) in [5, 5.41) is 3.40. The number of rotatable bonds is 4. The van der Waals surface area contributed by atoms with Gasteiger partial charge in [0.25, 0.3) is 0 Å². The van der Waals surface area contributed by atoms with Gasteiger partial charge in [-0.3, -0.25) is 0 Å². The summed E-state index contributed by atoms with van der Waals surface area (Å²) in [6, 6.07) is 12.0. The summed E-state index contributed by atoms with van der Waals surface area (Å²) in [6.45, 7) is 2.90. The van der Waals surface area contributed by atoms with Crippen LogP contribution in [-0.2, 0) is 11.3 Å². The molecule has 2 aromatic heterocycles. The first kappa shape index (κ1) is 12.9. The van der Waals surface area contributed by atoms with Gasteiger partial charge in [-0.1, -0.05) is 18.2 Å². The summed E-state index contributed by atoms with van der Waals surface area (Å²) >= 11 is 1.73. The van der Waals surface area contributed by atoms with Crippen molar-refractivity contribution in [2.24, 2.45) is 0 Å². The van der Waals surface area contributed by atoms with Gasteiger partial charge in [-0.25, -0.2) is 4.79 Å². The number of hydrogen-bond donors (Lipinski definition) is 0. The van der Waals surface area contributed by atoms with Crippen molar-refractivity contribution in [3.05, 3.63) is 59.2 Å². The topological polar surface area (TPSA) is 31.2 Å². The molecular weight excluding hydrogens is 270 g/mol. The Kier molecular flexibility index (Phi) is 3.56. The molecule has 0 radical (unpaired) electrons. The molecule has 0 bridgehead atoms. The highest BCUT2D eigenvalue weighted by Crippen LogP contribution is 2.26. The quantitative estimate of drug-likeness (QED) is 0.680. The molecule has 0 amide bonds. The molecule has 2 heterocycles. The third-order valence-corrected chi connectivity index (χ3v) is 4.23. The van der Waals surface area contributed by atoms with Gasteiger partial charge in [0, 0.05) is 17.4 Å². The summed E-state index contributed by atoms with van der Waals surface area (Å²) in [4.78, 5) is 11.9. The Morgan fingerprint density at radius 2 is 2.10 bits per heavy atom. The molecule has 20 heavy (non-hydrogen) atoms. The van der Waals surface area contributed by atoms with Crippen LogP contribution in [0.5, 0.6) is 0 Å². The fraction of sp³-hybridized carbons (Fsp3) is 0.188. The number of carbonyl (C=O) groups is 1. The molecule has 0 aliphatic rings. The van der Waals surface area contributed by atoms with Crippen LogP contribution in [0.2, 0.25) is 0 Å². The van der Waals surface area contributed by atoms with Gasteiger partial charge in [-0.15, -0.1) is 11.3 Å². The smallest absolute Gasteiger partial charge is 0.354 e. The lowest BCUT2D eigenvalue weighted by Crippen LogP contribution is -2.12. The first-order chi connectivity index (χ1) is 9.79. The van der Waals surface area contributed by atoms with Gasteiger partial charge in [0.15, 0.2) is 0 Å². The van der Waals surface area contributed by atoms with Gasteiger partial charge in [0.05, 0.1) is 6.61 Å². The Labute approximate surface area is 121 Å². The van der Waals surface area contributed by atoms with Crippen LogP contribution in [0.1, 0.15) is 23.0 Å². The number of thiophene rings is 1. The molecule has 0 saturated heterocycles. The molecule has 4 heteroatoms. The molecule has 1 aromatic carbocycles. The number of carbonyl (C=O) groups excluding carboxylic acids is 1. The van der Waals surface area contributed by atoms with Crippen LogP contribution in [0.4, 0.5) is 0 Å². The molecule has 0 fully saturated rings. The number of hydrogen-bond acceptors (Lipinski definition) is 3. The fourth-order valence-electron chi connectivity index (χ4n) is 2.28. The summed E-state index contributed by atoms with van der Waals surface area (Å²) < 4.78 is 8.28. The second-order valence-electron chi connectivity index (χ2n) is 4.50. The Balaban J connectivity index is 1.92. The molecule has 3 nitrogen and oxygen atoms in total. The predicted molar refractivity (Wildman–Crippen MR) is 81.3 cm³/mol. The highest BCUT2D eigenvalue weighted by atomic mass is 32.1. The zero-order valence-electron chi connectivity index (χ0n) is 11.2. The Morgan fingerprint density at radius 3 is 2.95 bits per heavy atom. The van der Waals surface area contributed by atoms with Gasteiger partial charge in [-0.2, -0.15) is 0 Å². The first-order valence-corrected chi connectivity index (χ1v) is 7.45. The van der Waals surface area contributed by atoms with Gasteiger partial charge < -0.3 is 9.30 Å². The average Bonchev–Trinajstić information content (AvgIpc) is 3.07. The van der Waals surface area contributed by atoms with Gasteiger partial charge >= 0.3 is 5.97 Å². The second kappa shape index (κ2) is 5.51. The first-order valence-electron chi connectivity index (χ1n) is 6.57. The van der Waals surface area contributed by atoms with Crippen LogP contribution in [0.15, 0.2) is 48.0 Å². The molecule has 0 N–H and O–H groups in total. The van der Waals surface area contributed by atoms with E-state index in [9.17, 15) is 4.79 Å². The Morgan fingerprint density at radius 1 is 1.25 bits per heavy atom. The van der Waals surface area contributed by atoms with Gasteiger partial charge in [0.2, 0.25) is 0 Å². The van der Waals surface area contributed by atoms with E-state index in [0.717, 1.165) is 0 Å². The van der Waals surface area contributed by atoms with E-state index in [1.165, 1.54) is 15.6 Å². The van der Waals surface area contributed by atoms with Crippen molar-refractivity contribution in [1.82, 2.24) is 4.57 Å². The SMILES string of the molecule is CCOC(=O)c1cccn1Cc1csc2ccccc12. The molecule has 0 spiro atoms. The highest BCUT2D eigenvalue weighted by Gasteiger charge is 2.13. The van der Waals surface area contributed by atoms with E-state index in [4.69, 9.17) is 4.74 Å². The van der Waals surface area contributed by atoms with Crippen molar-refractivity contribution in [1.29, 1.82) is 0 Å². The molecule has 3 rings (SSSR count). The second-order valence-corrected chi connectivity index (χ2v) is 5.41. The van der Waals surface area contributed by atoms with E-state index in [1.54, 1.807) is 17.4 Å². The van der Waals surface area contributed by atoms with Crippen LogP contribution in [0.3, 0.4) is 0 Å². The van der Waals surface area contributed by atoms with Gasteiger partial charge in [0.1, 0.15) is 5.69 Å². The lowest BCUT2D eigenvalue weighted by atomic mass is 10.2. The number of benzene rings is 1. The Bertz CT molecular complexity index is 742. The van der Waals surface area contributed by atoms with Crippen molar-refractivity contribution in [3.8, 4) is 0 Å². The van der Waals surface area contributed by atoms with Crippen LogP contribution >= 0.6 is 11.3 Å². The van der Waals surface area contributed by atoms with Crippen LogP contribution in [0.25, 0.3) is 10.1 Å². The predicted octanol–water partition coefficient (Wildman–Crippen LogP) is 3.93. The maximum atomic E-state index is 11.9. The van der Waals surface area contributed by atoms with E-state index in [-0.39, 0.29) is 5.97 Å². The van der Waals surface area contributed by atoms with Crippen LogP contribution in [0, 0.1) is 0 Å². The van der Waals surface area contributed by atoms with Crippen molar-refractivity contribution in [2.75, 3.05) is 6.61 Å². The fourth-order valence-corrected chi connectivity index (χ4v) is 3.24. The average molecular weight is 285 g/mol. The third-order valence-electron chi connectivity index (χ3n) is 3.22. The summed E-state index contributed by atoms with van der Waals surface area (Å²) in [5.74, 6) is -0.267. The van der Waals surface area contributed by atoms with Crippen molar-refractivity contribution < 1.29 is 9.53 Å². The molecule has 0 aliphatic heterocycles. The summed E-state index contributed by atoms with van der Waals surface area (Å²) in [6.07, 6.45) is 1.92. The van der Waals surface area contributed by atoms with Crippen LogP contribution < -0.4 is 0 Å². The monoisotopic (exact) mass is 285 g/mol. The standard InChI is InChI=1S/C16H15NO2S/c1-2-19-16(18)14-7-5-9-17(14)10-12-11-20-15-8-4-3-6-13(12)15/h3-9,11H,2,10H2,1H3. The number of ether oxygens (including phenoxy) is 1. The molecule has 3 aromatic rings. The lowest BCUT2D eigenvalue weighted by molar-refractivity contribution is 0.0514. The van der Waals surface area contributed by atoms with Crippen LogP contribution in [-0.4, -0.2) is 17.1 Å². The normalized spacial score (nSPS) is 10.8. The molecule has 0 unspecified atom stereocenters. The van der Waals surface area contributed by atoms with E-state index < -0.39 is 0 Å². The molecule has 0 saturated carbocycles. The third kappa shape index (κ3) is 2.34. The minimum atomic E-state index is -0.267. The van der Waals surface area contributed by atoms with Crippen molar-refractivity contribution in [2.45, 2.75) is 13.5 Å². The van der Waals surface area contributed by atoms with E-state index in [2.05, 4.69) is 17.5 Å². The molecular formula is C16H15NO2S. The van der Waals surface area contributed by atoms with Crippen molar-refractivity contribution >= 4 is 27.4 Å². The number of esters is 1. The highest BCUT2D eigenvalue weighted by molar-refractivity contribution is 7.17. The maximum Gasteiger partial charge on any atom is 0.354 e. The molecule has 102 valence electrons. The van der Waals surface area contributed by atoms with Crippen molar-refractivity contribution in [3.63, 3.8) is 0 Å². The zero-order valence-corrected chi connectivity index (χ0v) is 12.0. The minimum Gasteiger partial charge on any atom is -0.461 e. The summed E-state index contributed by atoms with van der Waals surface area (Å²) in [5.41, 5.74) is 1.83.